The molecule has 0 N–H and O–H groups in total. The third kappa shape index (κ3) is 5.73. The van der Waals surface area contributed by atoms with Gasteiger partial charge in [0.15, 0.2) is 5.78 Å². The Morgan fingerprint density at radius 2 is 1.88 bits per heavy atom. The van der Waals surface area contributed by atoms with E-state index in [1.807, 2.05) is 17.8 Å². The number of allylic oxidation sites excluding steroid dienone is 2. The maximum Gasteiger partial charge on any atom is 0.152 e. The minimum absolute atomic E-state index is 0.0429. The first-order valence-electron chi connectivity index (χ1n) is 5.78. The van der Waals surface area contributed by atoms with Gasteiger partial charge in [-0.15, -0.1) is 11.8 Å². The summed E-state index contributed by atoms with van der Waals surface area (Å²) in [7, 11) is 0. The minimum Gasteiger partial charge on any atom is -0.295 e. The van der Waals surface area contributed by atoms with Gasteiger partial charge in [-0.05, 0) is 37.5 Å². The van der Waals surface area contributed by atoms with Crippen molar-refractivity contribution in [1.29, 1.82) is 0 Å². The van der Waals surface area contributed by atoms with Crippen molar-refractivity contribution in [3.8, 4) is 0 Å². The summed E-state index contributed by atoms with van der Waals surface area (Å²) in [6, 6.07) is 8.54. The second kappa shape index (κ2) is 6.06. The number of hydrogen-bond donors (Lipinski definition) is 0. The number of carbonyl (C=O) groups excluding carboxylic acids is 1. The first-order valence-corrected chi connectivity index (χ1v) is 6.77. The van der Waals surface area contributed by atoms with E-state index in [1.54, 1.807) is 13.0 Å². The largest absolute Gasteiger partial charge is 0.295 e. The van der Waals surface area contributed by atoms with Gasteiger partial charge in [-0.25, -0.2) is 0 Å². The highest BCUT2D eigenvalue weighted by atomic mass is 32.2. The summed E-state index contributed by atoms with van der Waals surface area (Å²) >= 11 is 1.83. The molecule has 0 fully saturated rings. The summed E-state index contributed by atoms with van der Waals surface area (Å²) in [4.78, 5) is 12.2. The molecular formula is C15H20OS. The average Bonchev–Trinajstić information content (AvgIpc) is 2.26. The molecule has 2 heteroatoms. The zero-order valence-electron chi connectivity index (χ0n) is 11.0. The number of thioether (sulfide) groups is 1. The van der Waals surface area contributed by atoms with Crippen LogP contribution in [-0.2, 0) is 4.79 Å². The number of ketones is 1. The average molecular weight is 248 g/mol. The van der Waals surface area contributed by atoms with Gasteiger partial charge in [-0.2, -0.15) is 0 Å². The fourth-order valence-electron chi connectivity index (χ4n) is 1.29. The van der Waals surface area contributed by atoms with Crippen molar-refractivity contribution < 1.29 is 4.79 Å². The highest BCUT2D eigenvalue weighted by molar-refractivity contribution is 7.99. The molecule has 0 amide bonds. The van der Waals surface area contributed by atoms with Gasteiger partial charge in [0, 0.05) is 10.6 Å². The van der Waals surface area contributed by atoms with Crippen LogP contribution >= 0.6 is 11.8 Å². The SMILES string of the molecule is CC(=O)/C=C/C(C)(C)CSc1ccc(C)cc1. The molecule has 0 spiro atoms. The summed E-state index contributed by atoms with van der Waals surface area (Å²) in [6.07, 6.45) is 3.66. The summed E-state index contributed by atoms with van der Waals surface area (Å²) in [5.41, 5.74) is 1.33. The third-order valence-corrected chi connectivity index (χ3v) is 3.89. The molecule has 0 unspecified atom stereocenters. The van der Waals surface area contributed by atoms with Gasteiger partial charge < -0.3 is 0 Å². The Kier molecular flexibility index (Phi) is 5.01. The highest BCUT2D eigenvalue weighted by Crippen LogP contribution is 2.28. The third-order valence-electron chi connectivity index (χ3n) is 2.40. The van der Waals surface area contributed by atoms with Crippen LogP contribution in [0.5, 0.6) is 0 Å². The monoisotopic (exact) mass is 248 g/mol. The van der Waals surface area contributed by atoms with Crippen LogP contribution in [0, 0.1) is 12.3 Å². The standard InChI is InChI=1S/C15H20OS/c1-12-5-7-14(8-6-12)17-11-15(3,4)10-9-13(2)16/h5-10H,11H2,1-4H3/b10-9+. The van der Waals surface area contributed by atoms with Gasteiger partial charge in [0.1, 0.15) is 0 Å². The van der Waals surface area contributed by atoms with E-state index in [2.05, 4.69) is 45.0 Å². The quantitative estimate of drug-likeness (QED) is 0.572. The van der Waals surface area contributed by atoms with Crippen LogP contribution in [0.25, 0.3) is 0 Å². The lowest BCUT2D eigenvalue weighted by Crippen LogP contribution is -2.11. The van der Waals surface area contributed by atoms with Gasteiger partial charge in [-0.3, -0.25) is 4.79 Å². The lowest BCUT2D eigenvalue weighted by molar-refractivity contribution is -0.112. The van der Waals surface area contributed by atoms with E-state index in [0.29, 0.717) is 0 Å². The maximum atomic E-state index is 10.9. The Bertz CT molecular complexity index is 401. The first-order chi connectivity index (χ1) is 7.89. The fourth-order valence-corrected chi connectivity index (χ4v) is 2.26. The van der Waals surface area contributed by atoms with Crippen molar-refractivity contribution in [3.63, 3.8) is 0 Å². The van der Waals surface area contributed by atoms with E-state index in [0.717, 1.165) is 5.75 Å². The molecule has 0 radical (unpaired) electrons. The van der Waals surface area contributed by atoms with Crippen LogP contribution in [0.2, 0.25) is 0 Å². The van der Waals surface area contributed by atoms with Crippen molar-refractivity contribution in [2.45, 2.75) is 32.6 Å². The van der Waals surface area contributed by atoms with Crippen LogP contribution in [0.1, 0.15) is 26.3 Å². The maximum absolute atomic E-state index is 10.9. The molecule has 0 aliphatic rings. The van der Waals surface area contributed by atoms with Gasteiger partial charge in [0.25, 0.3) is 0 Å². The predicted molar refractivity (Wildman–Crippen MR) is 75.5 cm³/mol. The topological polar surface area (TPSA) is 17.1 Å². The summed E-state index contributed by atoms with van der Waals surface area (Å²) in [6.45, 7) is 7.97. The van der Waals surface area contributed by atoms with Gasteiger partial charge in [0.2, 0.25) is 0 Å². The molecule has 1 aromatic rings. The van der Waals surface area contributed by atoms with E-state index in [1.165, 1.54) is 10.5 Å². The van der Waals surface area contributed by atoms with E-state index in [4.69, 9.17) is 0 Å². The van der Waals surface area contributed by atoms with Crippen LogP contribution < -0.4 is 0 Å². The Balaban J connectivity index is 2.54. The van der Waals surface area contributed by atoms with Crippen LogP contribution in [0.15, 0.2) is 41.3 Å². The molecule has 17 heavy (non-hydrogen) atoms. The van der Waals surface area contributed by atoms with E-state index < -0.39 is 0 Å². The fraction of sp³-hybridized carbons (Fsp3) is 0.400. The lowest BCUT2D eigenvalue weighted by Gasteiger charge is -2.19. The highest BCUT2D eigenvalue weighted by Gasteiger charge is 2.14. The Labute approximate surface area is 108 Å². The van der Waals surface area contributed by atoms with Crippen molar-refractivity contribution in [2.24, 2.45) is 5.41 Å². The second-order valence-electron chi connectivity index (χ2n) is 5.03. The molecule has 1 rings (SSSR count). The Hall–Kier alpha value is -1.02. The zero-order valence-corrected chi connectivity index (χ0v) is 11.8. The van der Waals surface area contributed by atoms with Crippen LogP contribution in [-0.4, -0.2) is 11.5 Å². The summed E-state index contributed by atoms with van der Waals surface area (Å²) < 4.78 is 0. The van der Waals surface area contributed by atoms with Gasteiger partial charge in [0.05, 0.1) is 0 Å². The van der Waals surface area contributed by atoms with Crippen LogP contribution in [0.4, 0.5) is 0 Å². The molecule has 1 nitrogen and oxygen atoms in total. The molecular weight excluding hydrogens is 228 g/mol. The van der Waals surface area contributed by atoms with E-state index >= 15 is 0 Å². The molecule has 0 atom stereocenters. The Morgan fingerprint density at radius 1 is 1.29 bits per heavy atom. The van der Waals surface area contributed by atoms with Crippen molar-refractivity contribution in [3.05, 3.63) is 42.0 Å². The summed E-state index contributed by atoms with van der Waals surface area (Å²) in [5.74, 6) is 1.08. The van der Waals surface area contributed by atoms with E-state index in [9.17, 15) is 4.79 Å². The minimum atomic E-state index is 0.0429. The first kappa shape index (κ1) is 14.0. The molecule has 0 bridgehead atoms. The summed E-state index contributed by atoms with van der Waals surface area (Å²) in [5, 5.41) is 0. The van der Waals surface area contributed by atoms with Crippen molar-refractivity contribution >= 4 is 17.5 Å². The van der Waals surface area contributed by atoms with Gasteiger partial charge in [-0.1, -0.05) is 37.6 Å². The Morgan fingerprint density at radius 3 is 2.41 bits per heavy atom. The molecule has 0 saturated heterocycles. The van der Waals surface area contributed by atoms with Gasteiger partial charge >= 0.3 is 0 Å². The number of aryl methyl sites for hydroxylation is 1. The molecule has 0 aliphatic carbocycles. The zero-order chi connectivity index (χ0) is 12.9. The number of rotatable bonds is 5. The smallest absolute Gasteiger partial charge is 0.152 e. The van der Waals surface area contributed by atoms with Crippen molar-refractivity contribution in [1.82, 2.24) is 0 Å². The van der Waals surface area contributed by atoms with Crippen LogP contribution in [0.3, 0.4) is 0 Å². The number of hydrogen-bond acceptors (Lipinski definition) is 2. The van der Waals surface area contributed by atoms with E-state index in [-0.39, 0.29) is 11.2 Å². The molecule has 0 aliphatic heterocycles. The molecule has 0 heterocycles. The second-order valence-corrected chi connectivity index (χ2v) is 6.08. The lowest BCUT2D eigenvalue weighted by atomic mass is 9.95. The van der Waals surface area contributed by atoms with Crippen molar-refractivity contribution in [2.75, 3.05) is 5.75 Å². The predicted octanol–water partition coefficient (Wildman–Crippen LogP) is 4.26. The number of benzene rings is 1. The normalized spacial score (nSPS) is 12.0. The molecule has 0 aromatic heterocycles. The molecule has 1 aromatic carbocycles. The number of carbonyl (C=O) groups is 1. The molecule has 0 saturated carbocycles. The molecule has 92 valence electrons.